The zero-order valence-electron chi connectivity index (χ0n) is 15.9. The summed E-state index contributed by atoms with van der Waals surface area (Å²) in [6.07, 6.45) is 3.61. The largest absolute Gasteiger partial charge is 0.465 e. The number of hydrogen-bond acceptors (Lipinski definition) is 9. The Morgan fingerprint density at radius 2 is 1.52 bits per heavy atom. The highest BCUT2D eigenvalue weighted by atomic mass is 35.7. The first-order valence-corrected chi connectivity index (χ1v) is 9.16. The number of anilines is 1. The van der Waals surface area contributed by atoms with Gasteiger partial charge in [0.2, 0.25) is 0 Å². The zero-order chi connectivity index (χ0) is 21.9. The van der Waals surface area contributed by atoms with E-state index in [1.165, 1.54) is 14.2 Å². The Morgan fingerprint density at radius 1 is 1.00 bits per heavy atom. The van der Waals surface area contributed by atoms with E-state index in [2.05, 4.69) is 0 Å². The number of hydrogen-bond donors (Lipinski definition) is 0. The molecule has 0 unspecified atom stereocenters. The molecule has 0 aromatic carbocycles. The van der Waals surface area contributed by atoms with Crippen LogP contribution in [0.3, 0.4) is 0 Å². The highest BCUT2D eigenvalue weighted by Gasteiger charge is 2.23. The van der Waals surface area contributed by atoms with Crippen LogP contribution < -0.4 is 27.9 Å². The Bertz CT molecular complexity index is 979. The fraction of sp³-hybridized carbons (Fsp3) is 0.235. The first-order chi connectivity index (χ1) is 13.5. The van der Waals surface area contributed by atoms with E-state index in [9.17, 15) is 9.59 Å². The molecule has 0 saturated carbocycles. The van der Waals surface area contributed by atoms with Gasteiger partial charge in [0.1, 0.15) is 11.0 Å². The summed E-state index contributed by atoms with van der Waals surface area (Å²) in [5.74, 6) is 0.0626. The summed E-state index contributed by atoms with van der Waals surface area (Å²) in [6, 6.07) is 6.89. The van der Waals surface area contributed by atoms with E-state index >= 15 is 0 Å². The number of fused-ring (bicyclic) bond motifs is 3. The predicted octanol–water partition coefficient (Wildman–Crippen LogP) is -3.44. The quantitative estimate of drug-likeness (QED) is 0.306. The van der Waals surface area contributed by atoms with Gasteiger partial charge in [-0.3, -0.25) is 4.90 Å². The molecule has 11 nitrogen and oxygen atoms in total. The minimum atomic E-state index is -4.94. The van der Waals surface area contributed by atoms with Gasteiger partial charge in [0.15, 0.2) is 0 Å². The van der Waals surface area contributed by atoms with Crippen molar-refractivity contribution in [2.24, 2.45) is 0 Å². The van der Waals surface area contributed by atoms with E-state index in [0.29, 0.717) is 11.1 Å². The smallest absolute Gasteiger partial charge is 0.369 e. The second-order valence-corrected chi connectivity index (χ2v) is 6.65. The zero-order valence-corrected chi connectivity index (χ0v) is 16.7. The van der Waals surface area contributed by atoms with Crippen molar-refractivity contribution in [1.82, 2.24) is 4.40 Å². The number of pyridine rings is 2. The van der Waals surface area contributed by atoms with Gasteiger partial charge in [-0.05, 0) is 24.3 Å². The molecule has 3 heterocycles. The van der Waals surface area contributed by atoms with Crippen molar-refractivity contribution in [3.63, 3.8) is 0 Å². The normalized spacial score (nSPS) is 11.0. The molecular formula is C17H18ClN3O8. The van der Waals surface area contributed by atoms with Gasteiger partial charge in [-0.15, -0.1) is 10.2 Å². The lowest BCUT2D eigenvalue weighted by molar-refractivity contribution is -2.00. The van der Waals surface area contributed by atoms with Crippen molar-refractivity contribution in [3.05, 3.63) is 47.8 Å². The highest BCUT2D eigenvalue weighted by Crippen LogP contribution is 2.21. The van der Waals surface area contributed by atoms with Crippen molar-refractivity contribution in [3.8, 4) is 0 Å². The second kappa shape index (κ2) is 8.59. The summed E-state index contributed by atoms with van der Waals surface area (Å²) in [7, 11) is 1.60. The topological polar surface area (TPSA) is 157 Å². The number of nitrogens with zero attached hydrogens (tertiary/aromatic N) is 3. The molecule has 0 amide bonds. The highest BCUT2D eigenvalue weighted by molar-refractivity contribution is 5.94. The lowest BCUT2D eigenvalue weighted by atomic mass is 10.2. The molecule has 0 N–H and O–H groups in total. The second-order valence-electron chi connectivity index (χ2n) is 5.90. The standard InChI is InChI=1S/C17H18N3O4.ClHO4/c1-18(2)17-19-7-5-11(15(21)23-3)9-13(19)14-10-12(16(22)24-4)6-8-20(14)17;2-1(3,4)5/h5-10H,1-4H3;(H,2,3,4,5)/q+1;/p-1. The van der Waals surface area contributed by atoms with Crippen LogP contribution in [0, 0.1) is 10.2 Å². The van der Waals surface area contributed by atoms with Crippen LogP contribution in [0.15, 0.2) is 36.7 Å². The molecule has 0 fully saturated rings. The molecule has 0 bridgehead atoms. The maximum atomic E-state index is 11.8. The fourth-order valence-corrected chi connectivity index (χ4v) is 2.78. The molecule has 0 aliphatic heterocycles. The SMILES string of the molecule is COC(=O)c1ccn2c(N(C)C)[n+]3ccc(C(=O)OC)cc3c2c1.[O-][Cl+3]([O-])([O-])[O-]. The minimum absolute atomic E-state index is 0.410. The molecule has 0 aliphatic rings. The molecule has 12 heteroatoms. The van der Waals surface area contributed by atoms with Crippen molar-refractivity contribution in [1.29, 1.82) is 0 Å². The van der Waals surface area contributed by atoms with Crippen LogP contribution in [-0.4, -0.2) is 44.7 Å². The number of imidazole rings is 1. The molecule has 29 heavy (non-hydrogen) atoms. The average molecular weight is 428 g/mol. The monoisotopic (exact) mass is 427 g/mol. The molecular weight excluding hydrogens is 410 g/mol. The van der Waals surface area contributed by atoms with Crippen molar-refractivity contribution < 1.29 is 52.3 Å². The minimum Gasteiger partial charge on any atom is -0.465 e. The molecule has 0 aliphatic carbocycles. The first kappa shape index (κ1) is 22.3. The van der Waals surface area contributed by atoms with Gasteiger partial charge < -0.3 is 9.47 Å². The van der Waals surface area contributed by atoms with Gasteiger partial charge in [-0.2, -0.15) is 0 Å². The van der Waals surface area contributed by atoms with Gasteiger partial charge in [0.05, 0.1) is 51.8 Å². The van der Waals surface area contributed by atoms with Crippen LogP contribution >= 0.6 is 0 Å². The number of esters is 2. The Hall–Kier alpha value is -2.96. The summed E-state index contributed by atoms with van der Waals surface area (Å²) in [5.41, 5.74) is 2.46. The molecule has 0 spiro atoms. The molecule has 3 rings (SSSR count). The van der Waals surface area contributed by atoms with Crippen LogP contribution in [0.4, 0.5) is 5.95 Å². The van der Waals surface area contributed by atoms with Gasteiger partial charge in [-0.1, -0.05) is 0 Å². The van der Waals surface area contributed by atoms with Crippen LogP contribution in [0.2, 0.25) is 0 Å². The molecule has 0 saturated heterocycles. The van der Waals surface area contributed by atoms with E-state index in [1.807, 2.05) is 40.2 Å². The third-order valence-corrected chi connectivity index (χ3v) is 3.85. The third kappa shape index (κ3) is 5.10. The lowest BCUT2D eigenvalue weighted by Gasteiger charge is -2.17. The number of ether oxygens (including phenoxy) is 2. The predicted molar refractivity (Wildman–Crippen MR) is 87.6 cm³/mol. The number of methoxy groups -OCH3 is 2. The molecule has 3 aromatic heterocycles. The maximum absolute atomic E-state index is 11.8. The van der Waals surface area contributed by atoms with Crippen LogP contribution in [0.25, 0.3) is 11.0 Å². The summed E-state index contributed by atoms with van der Waals surface area (Å²) < 4.78 is 47.4. The van der Waals surface area contributed by atoms with Gasteiger partial charge in [0, 0.05) is 0 Å². The average Bonchev–Trinajstić information content (AvgIpc) is 2.98. The van der Waals surface area contributed by atoms with Gasteiger partial charge >= 0.3 is 17.9 Å². The van der Waals surface area contributed by atoms with Gasteiger partial charge in [-0.25, -0.2) is 37.0 Å². The Morgan fingerprint density at radius 3 is 2.00 bits per heavy atom. The van der Waals surface area contributed by atoms with Crippen LogP contribution in [-0.2, 0) is 9.47 Å². The van der Waals surface area contributed by atoms with Crippen molar-refractivity contribution in [2.45, 2.75) is 0 Å². The number of halogens is 1. The number of rotatable bonds is 3. The summed E-state index contributed by atoms with van der Waals surface area (Å²) in [4.78, 5) is 25.6. The van der Waals surface area contributed by atoms with E-state index in [0.717, 1.165) is 17.0 Å². The fourth-order valence-electron chi connectivity index (χ4n) is 2.78. The number of aromatic nitrogens is 2. The van der Waals surface area contributed by atoms with E-state index < -0.39 is 22.2 Å². The van der Waals surface area contributed by atoms with Gasteiger partial charge in [0.25, 0.3) is 0 Å². The Kier molecular flexibility index (Phi) is 6.62. The number of carbonyl (C=O) groups excluding carboxylic acids is 2. The maximum Gasteiger partial charge on any atom is 0.369 e. The first-order valence-electron chi connectivity index (χ1n) is 7.93. The van der Waals surface area contributed by atoms with Crippen molar-refractivity contribution in [2.75, 3.05) is 33.2 Å². The summed E-state index contributed by atoms with van der Waals surface area (Å²) >= 11 is 0. The van der Waals surface area contributed by atoms with E-state index in [1.54, 1.807) is 24.3 Å². The summed E-state index contributed by atoms with van der Waals surface area (Å²) in [6.45, 7) is 0. The Balaban J connectivity index is 0.000000537. The number of carbonyl (C=O) groups is 2. The van der Waals surface area contributed by atoms with Crippen molar-refractivity contribution >= 4 is 28.9 Å². The third-order valence-electron chi connectivity index (χ3n) is 3.85. The molecule has 156 valence electrons. The molecule has 3 aromatic rings. The molecule has 0 radical (unpaired) electrons. The van der Waals surface area contributed by atoms with E-state index in [4.69, 9.17) is 28.1 Å². The lowest BCUT2D eigenvalue weighted by Crippen LogP contribution is -2.68. The van der Waals surface area contributed by atoms with Crippen LogP contribution in [0.1, 0.15) is 20.7 Å². The van der Waals surface area contributed by atoms with E-state index in [-0.39, 0.29) is 0 Å². The molecule has 0 atom stereocenters. The van der Waals surface area contributed by atoms with Crippen LogP contribution in [0.5, 0.6) is 0 Å². The Labute approximate surface area is 167 Å². The summed E-state index contributed by atoms with van der Waals surface area (Å²) in [5, 5.41) is 0.